The minimum absolute atomic E-state index is 0.0134. The lowest BCUT2D eigenvalue weighted by molar-refractivity contribution is -0.127. The molecule has 5 heteroatoms. The molecule has 2 aromatic rings. The van der Waals surface area contributed by atoms with Gasteiger partial charge in [0.15, 0.2) is 0 Å². The average Bonchev–Trinajstić information content (AvgIpc) is 3.05. The molecule has 1 amide bonds. The van der Waals surface area contributed by atoms with Crippen LogP contribution in [0.1, 0.15) is 23.1 Å². The lowest BCUT2D eigenvalue weighted by atomic mass is 10.1. The van der Waals surface area contributed by atoms with E-state index >= 15 is 0 Å². The average molecular weight is 340 g/mol. The molecule has 1 heterocycles. The first-order valence-corrected chi connectivity index (χ1v) is 9.44. The Bertz CT molecular complexity index is 787. The number of carbonyl (C=O) groups excluding carboxylic acids is 1. The van der Waals surface area contributed by atoms with Gasteiger partial charge in [-0.1, -0.05) is 60.2 Å². The summed E-state index contributed by atoms with van der Waals surface area (Å²) in [5.41, 5.74) is 4.07. The summed E-state index contributed by atoms with van der Waals surface area (Å²) in [7, 11) is -1.22. The maximum Gasteiger partial charge on any atom is 0.255 e. The van der Waals surface area contributed by atoms with Crippen LogP contribution >= 0.6 is 0 Å². The van der Waals surface area contributed by atoms with E-state index in [4.69, 9.17) is 0 Å². The van der Waals surface area contributed by atoms with Crippen molar-refractivity contribution in [1.29, 1.82) is 0 Å². The van der Waals surface area contributed by atoms with Gasteiger partial charge in [-0.15, -0.1) is 0 Å². The van der Waals surface area contributed by atoms with Gasteiger partial charge in [0.2, 0.25) is 0 Å². The van der Waals surface area contributed by atoms with Crippen molar-refractivity contribution in [2.45, 2.75) is 19.1 Å². The Morgan fingerprint density at radius 1 is 1.17 bits per heavy atom. The van der Waals surface area contributed by atoms with Crippen LogP contribution in [0.25, 0.3) is 0 Å². The van der Waals surface area contributed by atoms with Crippen LogP contribution in [0, 0.1) is 6.92 Å². The van der Waals surface area contributed by atoms with Gasteiger partial charge in [-0.2, -0.15) is 5.10 Å². The van der Waals surface area contributed by atoms with Gasteiger partial charge in [0.25, 0.3) is 5.91 Å². The molecule has 0 fully saturated rings. The van der Waals surface area contributed by atoms with Crippen LogP contribution in [0.4, 0.5) is 0 Å². The van der Waals surface area contributed by atoms with E-state index in [9.17, 15) is 9.00 Å². The molecule has 0 N–H and O–H groups in total. The van der Waals surface area contributed by atoms with Crippen LogP contribution in [-0.2, 0) is 21.3 Å². The standard InChI is InChI=1S/C19H20N2O2S/c1-15-6-5-7-16(12-15)13-24(23)14-19(22)21-11-10-18(20-21)17-8-3-2-4-9-17/h2-9,12H,10-11,13-14H2,1H3/t24-/m0/s1. The second-order valence-electron chi connectivity index (χ2n) is 5.90. The Morgan fingerprint density at radius 2 is 1.96 bits per heavy atom. The molecule has 0 unspecified atom stereocenters. The predicted octanol–water partition coefficient (Wildman–Crippen LogP) is 2.88. The van der Waals surface area contributed by atoms with Crippen molar-refractivity contribution in [3.63, 3.8) is 0 Å². The second-order valence-corrected chi connectivity index (χ2v) is 7.35. The van der Waals surface area contributed by atoms with Crippen molar-refractivity contribution in [3.05, 3.63) is 71.3 Å². The SMILES string of the molecule is Cc1cccc(C[S@](=O)CC(=O)N2CCC(c3ccccc3)=N2)c1. The normalized spacial score (nSPS) is 15.2. The van der Waals surface area contributed by atoms with E-state index in [-0.39, 0.29) is 11.7 Å². The number of carbonyl (C=O) groups is 1. The van der Waals surface area contributed by atoms with Crippen LogP contribution in [0.3, 0.4) is 0 Å². The predicted molar refractivity (Wildman–Crippen MR) is 97.2 cm³/mol. The number of hydrogen-bond acceptors (Lipinski definition) is 3. The highest BCUT2D eigenvalue weighted by Gasteiger charge is 2.22. The van der Waals surface area contributed by atoms with E-state index in [1.807, 2.05) is 61.5 Å². The molecule has 0 saturated carbocycles. The Labute approximate surface area is 144 Å². The summed E-state index contributed by atoms with van der Waals surface area (Å²) in [5, 5.41) is 5.85. The van der Waals surface area contributed by atoms with Crippen molar-refractivity contribution in [1.82, 2.24) is 5.01 Å². The second kappa shape index (κ2) is 7.53. The lowest BCUT2D eigenvalue weighted by Gasteiger charge is -2.11. The summed E-state index contributed by atoms with van der Waals surface area (Å²) < 4.78 is 12.3. The van der Waals surface area contributed by atoms with E-state index in [0.717, 1.165) is 28.8 Å². The molecule has 0 aliphatic carbocycles. The first kappa shape index (κ1) is 16.6. The molecule has 0 saturated heterocycles. The Hall–Kier alpha value is -2.27. The van der Waals surface area contributed by atoms with Crippen LogP contribution in [0.5, 0.6) is 0 Å². The summed E-state index contributed by atoms with van der Waals surface area (Å²) >= 11 is 0. The maximum absolute atomic E-state index is 12.3. The molecule has 1 aliphatic rings. The molecule has 1 aliphatic heterocycles. The Morgan fingerprint density at radius 3 is 2.71 bits per heavy atom. The zero-order valence-corrected chi connectivity index (χ0v) is 14.5. The van der Waals surface area contributed by atoms with E-state index < -0.39 is 10.8 Å². The number of aryl methyl sites for hydroxylation is 1. The van der Waals surface area contributed by atoms with E-state index in [0.29, 0.717) is 12.3 Å². The van der Waals surface area contributed by atoms with Gasteiger partial charge in [-0.05, 0) is 18.1 Å². The summed E-state index contributed by atoms with van der Waals surface area (Å²) in [5.74, 6) is 0.239. The first-order chi connectivity index (χ1) is 11.6. The van der Waals surface area contributed by atoms with Crippen molar-refractivity contribution in [2.24, 2.45) is 5.10 Å². The molecular formula is C19H20N2O2S. The molecule has 1 atom stereocenters. The number of hydrazone groups is 1. The van der Waals surface area contributed by atoms with E-state index in [1.165, 1.54) is 5.01 Å². The molecule has 124 valence electrons. The molecule has 0 spiro atoms. The minimum atomic E-state index is -1.22. The number of amides is 1. The van der Waals surface area contributed by atoms with Crippen LogP contribution in [-0.4, -0.2) is 33.1 Å². The fourth-order valence-electron chi connectivity index (χ4n) is 2.72. The fourth-order valence-corrected chi connectivity index (χ4v) is 3.80. The highest BCUT2D eigenvalue weighted by molar-refractivity contribution is 7.84. The summed E-state index contributed by atoms with van der Waals surface area (Å²) in [6.07, 6.45) is 0.736. The highest BCUT2D eigenvalue weighted by atomic mass is 32.2. The molecule has 0 aromatic heterocycles. The minimum Gasteiger partial charge on any atom is -0.272 e. The van der Waals surface area contributed by atoms with Gasteiger partial charge in [-0.3, -0.25) is 9.00 Å². The van der Waals surface area contributed by atoms with Crippen molar-refractivity contribution >= 4 is 22.4 Å². The number of hydrogen-bond donors (Lipinski definition) is 0. The van der Waals surface area contributed by atoms with Crippen LogP contribution in [0.15, 0.2) is 59.7 Å². The molecule has 24 heavy (non-hydrogen) atoms. The Balaban J connectivity index is 1.59. The monoisotopic (exact) mass is 340 g/mol. The van der Waals surface area contributed by atoms with E-state index in [1.54, 1.807) is 0 Å². The van der Waals surface area contributed by atoms with Gasteiger partial charge in [-0.25, -0.2) is 5.01 Å². The Kier molecular flexibility index (Phi) is 5.20. The maximum atomic E-state index is 12.3. The summed E-state index contributed by atoms with van der Waals surface area (Å²) in [6, 6.07) is 17.7. The first-order valence-electron chi connectivity index (χ1n) is 7.95. The molecular weight excluding hydrogens is 320 g/mol. The van der Waals surface area contributed by atoms with Gasteiger partial charge in [0.1, 0.15) is 5.75 Å². The van der Waals surface area contributed by atoms with Crippen LogP contribution < -0.4 is 0 Å². The number of benzene rings is 2. The number of nitrogens with zero attached hydrogens (tertiary/aromatic N) is 2. The van der Waals surface area contributed by atoms with Gasteiger partial charge in [0, 0.05) is 23.0 Å². The molecule has 4 nitrogen and oxygen atoms in total. The van der Waals surface area contributed by atoms with Crippen molar-refractivity contribution in [2.75, 3.05) is 12.3 Å². The third-order valence-electron chi connectivity index (χ3n) is 3.89. The topological polar surface area (TPSA) is 49.7 Å². The fraction of sp³-hybridized carbons (Fsp3) is 0.263. The lowest BCUT2D eigenvalue weighted by Crippen LogP contribution is -2.28. The molecule has 3 rings (SSSR count). The van der Waals surface area contributed by atoms with Gasteiger partial charge in [0.05, 0.1) is 12.3 Å². The van der Waals surface area contributed by atoms with Crippen molar-refractivity contribution in [3.8, 4) is 0 Å². The molecule has 2 aromatic carbocycles. The molecule has 0 radical (unpaired) electrons. The van der Waals surface area contributed by atoms with E-state index in [2.05, 4.69) is 5.10 Å². The summed E-state index contributed by atoms with van der Waals surface area (Å²) in [4.78, 5) is 12.3. The molecule has 0 bridgehead atoms. The third-order valence-corrected chi connectivity index (χ3v) is 5.12. The van der Waals surface area contributed by atoms with Gasteiger partial charge < -0.3 is 0 Å². The van der Waals surface area contributed by atoms with Crippen molar-refractivity contribution < 1.29 is 9.00 Å². The van der Waals surface area contributed by atoms with Crippen LogP contribution in [0.2, 0.25) is 0 Å². The largest absolute Gasteiger partial charge is 0.272 e. The summed E-state index contributed by atoms with van der Waals surface area (Å²) in [6.45, 7) is 2.56. The zero-order chi connectivity index (χ0) is 16.9. The highest BCUT2D eigenvalue weighted by Crippen LogP contribution is 2.14. The zero-order valence-electron chi connectivity index (χ0n) is 13.6. The third kappa shape index (κ3) is 4.17. The smallest absolute Gasteiger partial charge is 0.255 e. The number of rotatable bonds is 5. The van der Waals surface area contributed by atoms with Gasteiger partial charge >= 0.3 is 0 Å². The quantitative estimate of drug-likeness (QED) is 0.840.